The van der Waals surface area contributed by atoms with Crippen molar-refractivity contribution in [2.24, 2.45) is 29.6 Å². The summed E-state index contributed by atoms with van der Waals surface area (Å²) < 4.78 is 18.2. The van der Waals surface area contributed by atoms with Gasteiger partial charge in [0, 0.05) is 31.2 Å². The average Bonchev–Trinajstić information content (AvgIpc) is 2.94. The largest absolute Gasteiger partial charge is 0.435 e. The fourth-order valence-corrected chi connectivity index (χ4v) is 5.82. The number of hydrogen-bond acceptors (Lipinski definition) is 7. The molecular weight excluding hydrogens is 402 g/mol. The van der Waals surface area contributed by atoms with Crippen LogP contribution in [0.4, 0.5) is 0 Å². The van der Waals surface area contributed by atoms with Gasteiger partial charge in [-0.15, -0.1) is 0 Å². The Morgan fingerprint density at radius 3 is 2.61 bits per heavy atom. The molecule has 1 aliphatic carbocycles. The quantitative estimate of drug-likeness (QED) is 0.501. The van der Waals surface area contributed by atoms with E-state index in [0.29, 0.717) is 18.4 Å². The van der Waals surface area contributed by atoms with Crippen molar-refractivity contribution < 1.29 is 33.6 Å². The molecule has 31 heavy (non-hydrogen) atoms. The van der Waals surface area contributed by atoms with Gasteiger partial charge in [-0.3, -0.25) is 9.59 Å². The normalized spacial score (nSPS) is 43.8. The molecule has 4 heterocycles. The maximum Gasteiger partial charge on any atom is 0.308 e. The molecule has 5 aliphatic rings. The number of nitrogens with one attached hydrogen (secondary N) is 1. The Hall–Kier alpha value is -1.22. The van der Waals surface area contributed by atoms with E-state index >= 15 is 0 Å². The maximum absolute atomic E-state index is 12.5. The Labute approximate surface area is 184 Å². The molecule has 2 bridgehead atoms. The molecular formula is C23H37NO7. The molecule has 1 saturated carbocycles. The molecule has 1 spiro atoms. The molecule has 8 atom stereocenters. The van der Waals surface area contributed by atoms with Gasteiger partial charge in [0.15, 0.2) is 11.9 Å². The van der Waals surface area contributed by atoms with Crippen molar-refractivity contribution in [2.75, 3.05) is 6.54 Å². The predicted molar refractivity (Wildman–Crippen MR) is 110 cm³/mol. The number of ether oxygens (including phenoxy) is 3. The van der Waals surface area contributed by atoms with Crippen molar-refractivity contribution in [3.63, 3.8) is 0 Å². The van der Waals surface area contributed by atoms with E-state index in [1.165, 1.54) is 0 Å². The van der Waals surface area contributed by atoms with E-state index in [9.17, 15) is 9.59 Å². The van der Waals surface area contributed by atoms with Gasteiger partial charge in [0.25, 0.3) is 0 Å². The van der Waals surface area contributed by atoms with Crippen LogP contribution in [0.1, 0.15) is 73.1 Å². The summed E-state index contributed by atoms with van der Waals surface area (Å²) in [6.45, 7) is 10.8. The van der Waals surface area contributed by atoms with Gasteiger partial charge in [0.1, 0.15) is 0 Å². The van der Waals surface area contributed by atoms with Crippen LogP contribution in [0.25, 0.3) is 0 Å². The van der Waals surface area contributed by atoms with E-state index in [1.807, 2.05) is 27.7 Å². The van der Waals surface area contributed by atoms with Crippen LogP contribution in [-0.2, 0) is 33.6 Å². The molecule has 4 aliphatic heterocycles. The average molecular weight is 440 g/mol. The zero-order valence-corrected chi connectivity index (χ0v) is 19.3. The van der Waals surface area contributed by atoms with E-state index in [-0.39, 0.29) is 36.5 Å². The molecule has 176 valence electrons. The van der Waals surface area contributed by atoms with Crippen LogP contribution in [0.2, 0.25) is 0 Å². The molecule has 1 N–H and O–H groups in total. The highest BCUT2D eigenvalue weighted by Crippen LogP contribution is 2.60. The second kappa shape index (κ2) is 8.61. The van der Waals surface area contributed by atoms with E-state index in [2.05, 4.69) is 12.2 Å². The Balaban J connectivity index is 1.43. The topological polar surface area (TPSA) is 92.3 Å². The van der Waals surface area contributed by atoms with Crippen LogP contribution in [0.5, 0.6) is 0 Å². The van der Waals surface area contributed by atoms with Crippen LogP contribution in [0, 0.1) is 29.6 Å². The van der Waals surface area contributed by atoms with E-state index in [0.717, 1.165) is 25.7 Å². The smallest absolute Gasteiger partial charge is 0.308 e. The Kier molecular flexibility index (Phi) is 6.38. The van der Waals surface area contributed by atoms with Crippen LogP contribution in [-0.4, -0.2) is 42.4 Å². The number of carbonyl (C=O) groups excluding carboxylic acids is 2. The van der Waals surface area contributed by atoms with Crippen molar-refractivity contribution in [3.05, 3.63) is 0 Å². The second-order valence-corrected chi connectivity index (χ2v) is 10.5. The zero-order chi connectivity index (χ0) is 22.4. The molecule has 5 rings (SSSR count). The molecule has 5 fully saturated rings. The van der Waals surface area contributed by atoms with Crippen molar-refractivity contribution in [1.29, 1.82) is 0 Å². The SMILES string of the molecule is CC(C)CNC(=O)CCC(=O)OC1OC2OC3(C)CCC4C(C)CCC(C1C)C24OO3. The first-order valence-electron chi connectivity index (χ1n) is 11.8. The zero-order valence-electron chi connectivity index (χ0n) is 19.3. The molecule has 0 aromatic heterocycles. The van der Waals surface area contributed by atoms with Gasteiger partial charge in [0.2, 0.25) is 18.0 Å². The summed E-state index contributed by atoms with van der Waals surface area (Å²) >= 11 is 0. The molecule has 0 radical (unpaired) electrons. The lowest BCUT2D eigenvalue weighted by atomic mass is 9.58. The minimum atomic E-state index is -0.860. The minimum Gasteiger partial charge on any atom is -0.435 e. The standard InChI is InChI=1S/C23H37NO7/c1-13(2)12-24-18(25)8-9-19(26)27-20-15(4)17-7-6-14(3)16-10-11-22(5)29-21(28-20)23(16,17)31-30-22/h13-17,20-21H,6-12H2,1-5H3,(H,24,25). The number of rotatable bonds is 6. The van der Waals surface area contributed by atoms with Crippen molar-refractivity contribution >= 4 is 11.9 Å². The molecule has 1 amide bonds. The second-order valence-electron chi connectivity index (χ2n) is 10.5. The van der Waals surface area contributed by atoms with E-state index in [1.54, 1.807) is 0 Å². The maximum atomic E-state index is 12.5. The van der Waals surface area contributed by atoms with Gasteiger partial charge in [-0.2, -0.15) is 0 Å². The lowest BCUT2D eigenvalue weighted by Gasteiger charge is -2.59. The number of hydrogen-bond donors (Lipinski definition) is 1. The monoisotopic (exact) mass is 439 g/mol. The summed E-state index contributed by atoms with van der Waals surface area (Å²) in [7, 11) is 0. The summed E-state index contributed by atoms with van der Waals surface area (Å²) in [6, 6.07) is 0. The number of carbonyl (C=O) groups is 2. The first kappa shape index (κ1) is 23.0. The van der Waals surface area contributed by atoms with Gasteiger partial charge < -0.3 is 19.5 Å². The molecule has 8 heteroatoms. The first-order valence-corrected chi connectivity index (χ1v) is 11.8. The fraction of sp³-hybridized carbons (Fsp3) is 0.913. The van der Waals surface area contributed by atoms with Crippen molar-refractivity contribution in [1.82, 2.24) is 5.32 Å². The predicted octanol–water partition coefficient (Wildman–Crippen LogP) is 3.29. The van der Waals surface area contributed by atoms with Crippen LogP contribution in [0.15, 0.2) is 0 Å². The number of fused-ring (bicyclic) bond motifs is 2. The molecule has 0 aromatic carbocycles. The Morgan fingerprint density at radius 2 is 1.87 bits per heavy atom. The minimum absolute atomic E-state index is 0.0226. The summed E-state index contributed by atoms with van der Waals surface area (Å²) in [6.07, 6.45) is 2.47. The molecule has 8 nitrogen and oxygen atoms in total. The summed E-state index contributed by atoms with van der Waals surface area (Å²) in [4.78, 5) is 36.3. The van der Waals surface area contributed by atoms with E-state index < -0.39 is 29.9 Å². The van der Waals surface area contributed by atoms with Gasteiger partial charge in [-0.05, 0) is 43.9 Å². The summed E-state index contributed by atoms with van der Waals surface area (Å²) in [5.41, 5.74) is -0.674. The first-order chi connectivity index (χ1) is 14.6. The highest BCUT2D eigenvalue weighted by molar-refractivity contribution is 5.81. The van der Waals surface area contributed by atoms with Crippen molar-refractivity contribution in [2.45, 2.75) is 97.1 Å². The van der Waals surface area contributed by atoms with Gasteiger partial charge in [0.05, 0.1) is 6.42 Å². The van der Waals surface area contributed by atoms with Crippen molar-refractivity contribution in [3.8, 4) is 0 Å². The fourth-order valence-electron chi connectivity index (χ4n) is 5.82. The van der Waals surface area contributed by atoms with Crippen LogP contribution >= 0.6 is 0 Å². The summed E-state index contributed by atoms with van der Waals surface area (Å²) in [5.74, 6) is -0.299. The van der Waals surface area contributed by atoms with Gasteiger partial charge >= 0.3 is 5.97 Å². The lowest BCUT2D eigenvalue weighted by Crippen LogP contribution is -2.70. The Bertz CT molecular complexity index is 699. The lowest BCUT2D eigenvalue weighted by molar-refractivity contribution is -0.576. The van der Waals surface area contributed by atoms with Crippen LogP contribution < -0.4 is 5.32 Å². The summed E-state index contributed by atoms with van der Waals surface area (Å²) in [5, 5.41) is 2.82. The third kappa shape index (κ3) is 4.24. The highest BCUT2D eigenvalue weighted by atomic mass is 17.3. The van der Waals surface area contributed by atoms with Gasteiger partial charge in [-0.1, -0.05) is 27.7 Å². The number of esters is 1. The third-order valence-electron chi connectivity index (χ3n) is 7.61. The molecule has 8 unspecified atom stereocenters. The third-order valence-corrected chi connectivity index (χ3v) is 7.61. The van der Waals surface area contributed by atoms with Crippen LogP contribution in [0.3, 0.4) is 0 Å². The molecule has 0 aromatic rings. The highest BCUT2D eigenvalue weighted by Gasteiger charge is 2.69. The number of amides is 1. The van der Waals surface area contributed by atoms with E-state index in [4.69, 9.17) is 24.0 Å². The Morgan fingerprint density at radius 1 is 1.10 bits per heavy atom. The van der Waals surface area contributed by atoms with Gasteiger partial charge in [-0.25, -0.2) is 9.78 Å². The molecule has 4 saturated heterocycles.